The molecule has 1 aromatic carbocycles. The first kappa shape index (κ1) is 16.4. The molecule has 0 fully saturated rings. The summed E-state index contributed by atoms with van der Waals surface area (Å²) >= 11 is 1.69. The average molecular weight is 291 g/mol. The van der Waals surface area contributed by atoms with E-state index in [1.807, 2.05) is 0 Å². The molecule has 2 N–H and O–H groups in total. The van der Waals surface area contributed by atoms with Crippen LogP contribution in [0, 0.1) is 5.92 Å². The van der Waals surface area contributed by atoms with Gasteiger partial charge in [0, 0.05) is 11.8 Å². The lowest BCUT2D eigenvalue weighted by atomic mass is 10.1. The number of thioether (sulfide) groups is 1. The summed E-state index contributed by atoms with van der Waals surface area (Å²) in [6.07, 6.45) is -3.21. The number of alkyl halides is 3. The van der Waals surface area contributed by atoms with Crippen molar-refractivity contribution in [3.05, 3.63) is 35.4 Å². The average Bonchev–Trinajstić information content (AvgIpc) is 2.33. The van der Waals surface area contributed by atoms with E-state index in [0.717, 1.165) is 24.3 Å². The maximum absolute atomic E-state index is 12.6. The first-order valence-electron chi connectivity index (χ1n) is 6.31. The van der Waals surface area contributed by atoms with Crippen LogP contribution in [-0.4, -0.2) is 11.5 Å². The van der Waals surface area contributed by atoms with Gasteiger partial charge in [0.15, 0.2) is 0 Å². The fraction of sp³-hybridized carbons (Fsp3) is 0.571. The van der Waals surface area contributed by atoms with Crippen molar-refractivity contribution < 1.29 is 13.2 Å². The molecule has 0 spiro atoms. The summed E-state index contributed by atoms with van der Waals surface area (Å²) in [5, 5.41) is 0. The van der Waals surface area contributed by atoms with E-state index in [1.54, 1.807) is 17.8 Å². The van der Waals surface area contributed by atoms with Crippen molar-refractivity contribution in [2.75, 3.05) is 11.5 Å². The van der Waals surface area contributed by atoms with Crippen LogP contribution >= 0.6 is 11.8 Å². The molecule has 0 aromatic heterocycles. The largest absolute Gasteiger partial charge is 0.416 e. The molecule has 1 aromatic rings. The molecule has 1 nitrogen and oxygen atoms in total. The van der Waals surface area contributed by atoms with Gasteiger partial charge in [0.05, 0.1) is 5.56 Å². The molecule has 108 valence electrons. The van der Waals surface area contributed by atoms with Crippen LogP contribution in [0.25, 0.3) is 0 Å². The molecule has 0 radical (unpaired) electrons. The maximum atomic E-state index is 12.6. The smallest absolute Gasteiger partial charge is 0.323 e. The highest BCUT2D eigenvalue weighted by Crippen LogP contribution is 2.31. The third-order valence-electron chi connectivity index (χ3n) is 2.78. The van der Waals surface area contributed by atoms with Crippen LogP contribution in [0.2, 0.25) is 0 Å². The van der Waals surface area contributed by atoms with Crippen molar-refractivity contribution in [1.82, 2.24) is 0 Å². The highest BCUT2D eigenvalue weighted by molar-refractivity contribution is 7.99. The highest BCUT2D eigenvalue weighted by Gasteiger charge is 2.30. The SMILES string of the molecule is CC(C)CCSCC(N)c1cccc(C(F)(F)F)c1. The summed E-state index contributed by atoms with van der Waals surface area (Å²) in [5.74, 6) is 2.27. The van der Waals surface area contributed by atoms with Gasteiger partial charge >= 0.3 is 6.18 Å². The molecular weight excluding hydrogens is 271 g/mol. The zero-order chi connectivity index (χ0) is 14.5. The second kappa shape index (κ2) is 7.20. The van der Waals surface area contributed by atoms with Crippen molar-refractivity contribution in [3.8, 4) is 0 Å². The Bertz CT molecular complexity index is 391. The number of hydrogen-bond donors (Lipinski definition) is 1. The molecule has 19 heavy (non-hydrogen) atoms. The molecule has 0 bridgehead atoms. The Morgan fingerprint density at radius 3 is 2.53 bits per heavy atom. The summed E-state index contributed by atoms with van der Waals surface area (Å²) in [6, 6.07) is 4.94. The number of benzene rings is 1. The summed E-state index contributed by atoms with van der Waals surface area (Å²) in [5.41, 5.74) is 5.85. The van der Waals surface area contributed by atoms with E-state index in [9.17, 15) is 13.2 Å². The first-order valence-corrected chi connectivity index (χ1v) is 7.46. The molecule has 0 amide bonds. The van der Waals surface area contributed by atoms with Gasteiger partial charge in [-0.3, -0.25) is 0 Å². The monoisotopic (exact) mass is 291 g/mol. The van der Waals surface area contributed by atoms with Gasteiger partial charge in [-0.1, -0.05) is 26.0 Å². The lowest BCUT2D eigenvalue weighted by Crippen LogP contribution is -2.15. The Balaban J connectivity index is 2.55. The highest BCUT2D eigenvalue weighted by atomic mass is 32.2. The molecule has 1 atom stereocenters. The minimum atomic E-state index is -4.31. The minimum Gasteiger partial charge on any atom is -0.323 e. The fourth-order valence-corrected chi connectivity index (χ4v) is 2.82. The second-order valence-electron chi connectivity index (χ2n) is 4.99. The van der Waals surface area contributed by atoms with Crippen molar-refractivity contribution >= 4 is 11.8 Å². The van der Waals surface area contributed by atoms with Crippen LogP contribution in [0.4, 0.5) is 13.2 Å². The van der Waals surface area contributed by atoms with Crippen molar-refractivity contribution in [2.45, 2.75) is 32.5 Å². The number of nitrogens with two attached hydrogens (primary N) is 1. The van der Waals surface area contributed by atoms with E-state index < -0.39 is 11.7 Å². The standard InChI is InChI=1S/C14H20F3NS/c1-10(2)6-7-19-9-13(18)11-4-3-5-12(8-11)14(15,16)17/h3-5,8,10,13H,6-7,9,18H2,1-2H3. The van der Waals surface area contributed by atoms with Gasteiger partial charge in [-0.25, -0.2) is 0 Å². The Morgan fingerprint density at radius 2 is 1.95 bits per heavy atom. The van der Waals surface area contributed by atoms with E-state index in [1.165, 1.54) is 6.07 Å². The predicted octanol–water partition coefficient (Wildman–Crippen LogP) is 4.48. The summed E-state index contributed by atoms with van der Waals surface area (Å²) in [6.45, 7) is 4.29. The lowest BCUT2D eigenvalue weighted by molar-refractivity contribution is -0.137. The molecule has 0 aliphatic carbocycles. The van der Waals surface area contributed by atoms with Crippen LogP contribution in [-0.2, 0) is 6.18 Å². The molecule has 0 saturated heterocycles. The fourth-order valence-electron chi connectivity index (χ4n) is 1.57. The summed E-state index contributed by atoms with van der Waals surface area (Å²) in [4.78, 5) is 0. The lowest BCUT2D eigenvalue weighted by Gasteiger charge is -2.14. The number of rotatable bonds is 6. The van der Waals surface area contributed by atoms with Crippen LogP contribution in [0.1, 0.15) is 37.4 Å². The van der Waals surface area contributed by atoms with Gasteiger partial charge in [-0.05, 0) is 35.8 Å². The first-order chi connectivity index (χ1) is 8.80. The molecule has 5 heteroatoms. The molecule has 0 aliphatic heterocycles. The van der Waals surface area contributed by atoms with Gasteiger partial charge < -0.3 is 5.73 Å². The Labute approximate surface area is 116 Å². The third-order valence-corrected chi connectivity index (χ3v) is 3.90. The number of halogens is 3. The topological polar surface area (TPSA) is 26.0 Å². The molecule has 1 unspecified atom stereocenters. The molecular formula is C14H20F3NS. The van der Waals surface area contributed by atoms with Gasteiger partial charge in [-0.2, -0.15) is 24.9 Å². The van der Waals surface area contributed by atoms with E-state index in [-0.39, 0.29) is 6.04 Å². The van der Waals surface area contributed by atoms with Crippen LogP contribution in [0.15, 0.2) is 24.3 Å². The zero-order valence-electron chi connectivity index (χ0n) is 11.2. The van der Waals surface area contributed by atoms with Crippen molar-refractivity contribution in [2.24, 2.45) is 11.7 Å². The van der Waals surface area contributed by atoms with Crippen molar-refractivity contribution in [1.29, 1.82) is 0 Å². The van der Waals surface area contributed by atoms with Gasteiger partial charge in [-0.15, -0.1) is 0 Å². The molecule has 0 aliphatic rings. The molecule has 1 rings (SSSR count). The second-order valence-corrected chi connectivity index (χ2v) is 6.14. The third kappa shape index (κ3) is 5.87. The Kier molecular flexibility index (Phi) is 6.20. The molecule has 0 saturated carbocycles. The van der Waals surface area contributed by atoms with Gasteiger partial charge in [0.1, 0.15) is 0 Å². The normalized spacial score (nSPS) is 13.8. The maximum Gasteiger partial charge on any atom is 0.416 e. The van der Waals surface area contributed by atoms with E-state index >= 15 is 0 Å². The van der Waals surface area contributed by atoms with E-state index in [4.69, 9.17) is 5.73 Å². The predicted molar refractivity (Wildman–Crippen MR) is 75.2 cm³/mol. The van der Waals surface area contributed by atoms with Crippen LogP contribution < -0.4 is 5.73 Å². The molecule has 0 heterocycles. The summed E-state index contributed by atoms with van der Waals surface area (Å²) in [7, 11) is 0. The zero-order valence-corrected chi connectivity index (χ0v) is 12.0. The number of hydrogen-bond acceptors (Lipinski definition) is 2. The van der Waals surface area contributed by atoms with Gasteiger partial charge in [0.2, 0.25) is 0 Å². The Hall–Kier alpha value is -0.680. The minimum absolute atomic E-state index is 0.348. The summed E-state index contributed by atoms with van der Waals surface area (Å²) < 4.78 is 37.7. The van der Waals surface area contributed by atoms with Crippen LogP contribution in [0.3, 0.4) is 0 Å². The Morgan fingerprint density at radius 1 is 1.26 bits per heavy atom. The van der Waals surface area contributed by atoms with Gasteiger partial charge in [0.25, 0.3) is 0 Å². The van der Waals surface area contributed by atoms with E-state index in [0.29, 0.717) is 17.2 Å². The van der Waals surface area contributed by atoms with Crippen molar-refractivity contribution in [3.63, 3.8) is 0 Å². The van der Waals surface area contributed by atoms with E-state index in [2.05, 4.69) is 13.8 Å². The quantitative estimate of drug-likeness (QED) is 0.782. The van der Waals surface area contributed by atoms with Crippen LogP contribution in [0.5, 0.6) is 0 Å².